The van der Waals surface area contributed by atoms with Crippen LogP contribution >= 0.6 is 0 Å². The van der Waals surface area contributed by atoms with Gasteiger partial charge in [0.1, 0.15) is 0 Å². The minimum Gasteiger partial charge on any atom is -1.00 e. The number of rotatable bonds is 4. The third-order valence-corrected chi connectivity index (χ3v) is 1.30. The van der Waals surface area contributed by atoms with Crippen LogP contribution in [0, 0.1) is 0 Å². The Bertz CT molecular complexity index is 98.7. The molecule has 0 spiro atoms. The number of unbranched alkanes of at least 4 members (excludes halogenated alkanes) is 3. The second-order valence-corrected chi connectivity index (χ2v) is 2.63. The number of halogens is 1. The van der Waals surface area contributed by atoms with E-state index in [0.29, 0.717) is 6.61 Å². The van der Waals surface area contributed by atoms with Crippen molar-refractivity contribution in [3.8, 4) is 0 Å². The van der Waals surface area contributed by atoms with Crippen LogP contribution in [0.5, 0.6) is 0 Å². The van der Waals surface area contributed by atoms with Gasteiger partial charge in [0.05, 0.1) is 6.61 Å². The van der Waals surface area contributed by atoms with Gasteiger partial charge >= 0.3 is 35.5 Å². The van der Waals surface area contributed by atoms with Gasteiger partial charge in [-0.3, -0.25) is 4.79 Å². The number of ether oxygens (including phenoxy) is 1. The van der Waals surface area contributed by atoms with Crippen molar-refractivity contribution in [3.05, 3.63) is 0 Å². The average molecular weight is 251 g/mol. The summed E-state index contributed by atoms with van der Waals surface area (Å²) in [6, 6.07) is 0. The van der Waals surface area contributed by atoms with Crippen LogP contribution < -0.4 is 42.0 Å². The van der Waals surface area contributed by atoms with Gasteiger partial charge in [-0.2, -0.15) is 0 Å². The van der Waals surface area contributed by atoms with Crippen LogP contribution in [0.3, 0.4) is 0 Å². The molecule has 0 aliphatic heterocycles. The van der Waals surface area contributed by atoms with Crippen molar-refractivity contribution < 1.29 is 57.0 Å². The number of hydrogen-bond acceptors (Lipinski definition) is 2. The van der Waals surface area contributed by atoms with Gasteiger partial charge in [-0.1, -0.05) is 39.5 Å². The number of esters is 1. The van der Waals surface area contributed by atoms with E-state index in [0.717, 1.165) is 0 Å². The number of hydrogen-bond donors (Lipinski definition) is 0. The van der Waals surface area contributed by atoms with E-state index in [1.54, 1.807) is 6.92 Å². The van der Waals surface area contributed by atoms with Crippen LogP contribution in [0.2, 0.25) is 0 Å². The first kappa shape index (κ1) is 29.6. The van der Waals surface area contributed by atoms with Crippen LogP contribution in [-0.4, -0.2) is 18.1 Å². The molecule has 15 heavy (non-hydrogen) atoms. The van der Waals surface area contributed by atoms with Crippen LogP contribution in [0.15, 0.2) is 0 Å². The van der Waals surface area contributed by atoms with Gasteiger partial charge in [-0.05, 0) is 6.92 Å². The molecular formula is C10H24ClNaO3. The van der Waals surface area contributed by atoms with Gasteiger partial charge in [0.25, 0.3) is 0 Å². The topological polar surface area (TPSA) is 57.8 Å². The van der Waals surface area contributed by atoms with Crippen LogP contribution in [-0.2, 0) is 9.53 Å². The summed E-state index contributed by atoms with van der Waals surface area (Å²) in [6.07, 6.45) is 5.54. The molecule has 5 heteroatoms. The summed E-state index contributed by atoms with van der Waals surface area (Å²) in [5, 5.41) is 0. The molecule has 0 aromatic rings. The SMILES string of the molecule is CCCCCC.CCOC(C)=O.O.[Cl-].[Na+]. The van der Waals surface area contributed by atoms with Gasteiger partial charge in [-0.25, -0.2) is 0 Å². The second kappa shape index (κ2) is 29.3. The molecule has 0 bridgehead atoms. The molecular weight excluding hydrogens is 227 g/mol. The van der Waals surface area contributed by atoms with Crippen molar-refractivity contribution in [2.45, 2.75) is 53.4 Å². The second-order valence-electron chi connectivity index (χ2n) is 2.63. The Morgan fingerprint density at radius 1 is 1.07 bits per heavy atom. The average Bonchev–Trinajstić information content (AvgIpc) is 2.02. The van der Waals surface area contributed by atoms with Crippen molar-refractivity contribution in [3.63, 3.8) is 0 Å². The quantitative estimate of drug-likeness (QED) is 0.293. The zero-order valence-electron chi connectivity index (χ0n) is 10.7. The Balaban J connectivity index is -0.0000000370. The molecule has 0 fully saturated rings. The minimum atomic E-state index is -0.211. The summed E-state index contributed by atoms with van der Waals surface area (Å²) in [5.74, 6) is -0.211. The van der Waals surface area contributed by atoms with E-state index in [-0.39, 0.29) is 53.4 Å². The smallest absolute Gasteiger partial charge is 1.00 e. The van der Waals surface area contributed by atoms with E-state index >= 15 is 0 Å². The molecule has 0 aromatic carbocycles. The van der Waals surface area contributed by atoms with Gasteiger partial charge in [0, 0.05) is 6.92 Å². The predicted molar refractivity (Wildman–Crippen MR) is 55.7 cm³/mol. The first-order valence-electron chi connectivity index (χ1n) is 4.82. The summed E-state index contributed by atoms with van der Waals surface area (Å²) >= 11 is 0. The largest absolute Gasteiger partial charge is 1.00 e. The standard InChI is InChI=1S/C6H14.C4H8O2.ClH.Na.H2O/c1-3-5-6-4-2;1-3-6-4(2)5;;;/h3-6H2,1-2H3;3H2,1-2H3;1H;;1H2/q;;;+1;/p-1. The Labute approximate surface area is 122 Å². The molecule has 0 aromatic heterocycles. The van der Waals surface area contributed by atoms with Gasteiger partial charge in [0.15, 0.2) is 0 Å². The number of carbonyl (C=O) groups excluding carboxylic acids is 1. The molecule has 0 saturated heterocycles. The normalized spacial score (nSPS) is 6.67. The fourth-order valence-corrected chi connectivity index (χ4v) is 0.703. The molecule has 0 aliphatic rings. The number of carbonyl (C=O) groups is 1. The molecule has 0 radical (unpaired) electrons. The van der Waals surface area contributed by atoms with Gasteiger partial charge in [-0.15, -0.1) is 0 Å². The molecule has 90 valence electrons. The van der Waals surface area contributed by atoms with E-state index in [4.69, 9.17) is 0 Å². The fourth-order valence-electron chi connectivity index (χ4n) is 0.703. The first-order chi connectivity index (χ1) is 5.68. The third-order valence-electron chi connectivity index (χ3n) is 1.30. The molecule has 0 heterocycles. The summed E-state index contributed by atoms with van der Waals surface area (Å²) in [4.78, 5) is 9.82. The maximum absolute atomic E-state index is 9.82. The van der Waals surface area contributed by atoms with E-state index in [1.165, 1.54) is 32.6 Å². The third kappa shape index (κ3) is 52.7. The molecule has 0 saturated carbocycles. The van der Waals surface area contributed by atoms with E-state index < -0.39 is 0 Å². The molecule has 0 rings (SSSR count). The summed E-state index contributed by atoms with van der Waals surface area (Å²) < 4.78 is 4.40. The van der Waals surface area contributed by atoms with Crippen LogP contribution in [0.1, 0.15) is 53.4 Å². The molecule has 0 aliphatic carbocycles. The Kier molecular flexibility index (Phi) is 58.0. The zero-order chi connectivity index (χ0) is 9.82. The molecule has 3 nitrogen and oxygen atoms in total. The van der Waals surface area contributed by atoms with Crippen molar-refractivity contribution in [2.24, 2.45) is 0 Å². The van der Waals surface area contributed by atoms with Crippen molar-refractivity contribution in [1.29, 1.82) is 0 Å². The van der Waals surface area contributed by atoms with Crippen molar-refractivity contribution >= 4 is 5.97 Å². The van der Waals surface area contributed by atoms with Gasteiger partial charge < -0.3 is 22.6 Å². The molecule has 0 amide bonds. The summed E-state index contributed by atoms with van der Waals surface area (Å²) in [6.45, 7) is 8.12. The maximum Gasteiger partial charge on any atom is 1.00 e. The van der Waals surface area contributed by atoms with Crippen LogP contribution in [0.25, 0.3) is 0 Å². The van der Waals surface area contributed by atoms with Crippen molar-refractivity contribution in [1.82, 2.24) is 0 Å². The minimum absolute atomic E-state index is 0. The fraction of sp³-hybridized carbons (Fsp3) is 0.900. The maximum atomic E-state index is 9.82. The Morgan fingerprint density at radius 2 is 1.40 bits per heavy atom. The monoisotopic (exact) mass is 250 g/mol. The molecule has 0 unspecified atom stereocenters. The predicted octanol–water partition coefficient (Wildman–Crippen LogP) is -3.66. The van der Waals surface area contributed by atoms with Crippen LogP contribution in [0.4, 0.5) is 0 Å². The van der Waals surface area contributed by atoms with E-state index in [1.807, 2.05) is 0 Å². The van der Waals surface area contributed by atoms with E-state index in [2.05, 4.69) is 18.6 Å². The zero-order valence-corrected chi connectivity index (χ0v) is 13.5. The van der Waals surface area contributed by atoms with E-state index in [9.17, 15) is 4.79 Å². The summed E-state index contributed by atoms with van der Waals surface area (Å²) in [5.41, 5.74) is 0. The molecule has 0 atom stereocenters. The van der Waals surface area contributed by atoms with Gasteiger partial charge in [0.2, 0.25) is 0 Å². The summed E-state index contributed by atoms with van der Waals surface area (Å²) in [7, 11) is 0. The first-order valence-corrected chi connectivity index (χ1v) is 4.82. The molecule has 2 N–H and O–H groups in total. The Morgan fingerprint density at radius 3 is 1.47 bits per heavy atom. The van der Waals surface area contributed by atoms with Crippen molar-refractivity contribution in [2.75, 3.05) is 6.61 Å². The Hall–Kier alpha value is 0.720.